The zero-order valence-corrected chi connectivity index (χ0v) is 38.0. The molecule has 1 aromatic rings. The largest absolute Gasteiger partial charge is 0.449 e. The number of amides is 6. The number of hydrogen-bond acceptors (Lipinski definition) is 9. The molecule has 1 unspecified atom stereocenters. The van der Waals surface area contributed by atoms with Crippen LogP contribution in [0.5, 0.6) is 0 Å². The molecule has 1 heterocycles. The summed E-state index contributed by atoms with van der Waals surface area (Å²) in [7, 11) is 2.89. The minimum Gasteiger partial charge on any atom is -0.449 e. The summed E-state index contributed by atoms with van der Waals surface area (Å²) in [5.41, 5.74) is 9.47. The Labute approximate surface area is 357 Å². The maximum absolute atomic E-state index is 14.2. The Kier molecular flexibility index (Phi) is 20.2. The zero-order chi connectivity index (χ0) is 45.6. The van der Waals surface area contributed by atoms with Crippen molar-refractivity contribution in [2.75, 3.05) is 20.6 Å². The van der Waals surface area contributed by atoms with Gasteiger partial charge in [0, 0.05) is 32.1 Å². The molecule has 6 amide bonds. The highest BCUT2D eigenvalue weighted by Crippen LogP contribution is 2.20. The third-order valence-electron chi connectivity index (χ3n) is 11.4. The van der Waals surface area contributed by atoms with Crippen molar-refractivity contribution < 1.29 is 38.3 Å². The van der Waals surface area contributed by atoms with Crippen LogP contribution in [-0.2, 0) is 44.7 Å². The minimum absolute atomic E-state index is 0.0520. The molecule has 1 aliphatic heterocycles. The summed E-state index contributed by atoms with van der Waals surface area (Å²) >= 11 is 0. The van der Waals surface area contributed by atoms with Gasteiger partial charge in [-0.15, -0.1) is 0 Å². The van der Waals surface area contributed by atoms with Gasteiger partial charge < -0.3 is 41.5 Å². The van der Waals surface area contributed by atoms with Gasteiger partial charge in [0.25, 0.3) is 5.91 Å². The van der Waals surface area contributed by atoms with Gasteiger partial charge in [-0.3, -0.25) is 28.8 Å². The molecule has 6 N–H and O–H groups in total. The second-order valence-corrected chi connectivity index (χ2v) is 16.9. The van der Waals surface area contributed by atoms with Crippen LogP contribution in [0.25, 0.3) is 0 Å². The highest BCUT2D eigenvalue weighted by molar-refractivity contribution is 5.96. The molecule has 0 radical (unpaired) electrons. The van der Waals surface area contributed by atoms with Gasteiger partial charge in [-0.05, 0) is 77.7 Å². The van der Waals surface area contributed by atoms with Crippen LogP contribution in [0.2, 0.25) is 0 Å². The van der Waals surface area contributed by atoms with Crippen LogP contribution in [0, 0.1) is 24.7 Å². The Bertz CT molecular complexity index is 1740. The molecule has 15 nitrogen and oxygen atoms in total. The molecule has 1 aromatic carbocycles. The van der Waals surface area contributed by atoms with Crippen molar-refractivity contribution in [3.05, 3.63) is 58.7 Å². The van der Waals surface area contributed by atoms with E-state index in [1.807, 2.05) is 78.8 Å². The molecular weight excluding hydrogens is 767 g/mol. The lowest BCUT2D eigenvalue weighted by Crippen LogP contribution is -2.58. The zero-order valence-electron chi connectivity index (χ0n) is 38.0. The molecule has 9 atom stereocenters. The summed E-state index contributed by atoms with van der Waals surface area (Å²) in [6.07, 6.45) is 3.32. The molecule has 0 saturated heterocycles. The standard InChI is InChI=1S/C45H71N7O8/c1-14-27(6)38-30(9)34(46)21-18-29(8)45(59)60-36(22-25(3)4)41(55)48-32(11)43(57)52(13)35(23-33-19-16-26(5)17-20-33)44(58)51(12)24-37(53)49-39(28(7)15-2)42(56)47-31(10)40(54)50-38/h14,16-20,25,28,30-32,34-36,38-39H,15,21-24,46H2,1-13H3,(H,47,56)(H,48,55)(H,49,53)(H,50,54)/b27-14+,29-18+/t28?,30-,31+,32-,34-,35+,36+,38+,39-/m0/s1. The van der Waals surface area contributed by atoms with E-state index in [4.69, 9.17) is 10.5 Å². The number of cyclic esters (lactones) is 1. The normalized spacial score (nSPS) is 28.6. The Hall–Kier alpha value is -5.05. The SMILES string of the molecule is C/C=C(\C)[C@H]1NC(=O)[C@@H](C)NC(=O)[C@H](C(C)CC)NC(=O)CN(C)C(=O)[C@@H](Cc2ccc(C)cc2)N(C)C(=O)[C@H](C)NC(=O)[C@@H](CC(C)C)OC(=O)/C(C)=C/C[C@H](N)[C@@H]1C. The van der Waals surface area contributed by atoms with E-state index in [1.165, 1.54) is 30.8 Å². The summed E-state index contributed by atoms with van der Waals surface area (Å²) in [5, 5.41) is 11.2. The molecule has 1 aliphatic rings. The maximum atomic E-state index is 14.2. The fourth-order valence-electron chi connectivity index (χ4n) is 6.84. The highest BCUT2D eigenvalue weighted by atomic mass is 16.5. The lowest BCUT2D eigenvalue weighted by molar-refractivity contribution is -0.154. The summed E-state index contributed by atoms with van der Waals surface area (Å²) in [4.78, 5) is 98.6. The van der Waals surface area contributed by atoms with Crippen molar-refractivity contribution in [2.24, 2.45) is 23.5 Å². The first-order valence-electron chi connectivity index (χ1n) is 21.1. The molecule has 2 rings (SSSR count). The van der Waals surface area contributed by atoms with E-state index in [2.05, 4.69) is 21.3 Å². The van der Waals surface area contributed by atoms with Gasteiger partial charge in [0.1, 0.15) is 24.2 Å². The summed E-state index contributed by atoms with van der Waals surface area (Å²) in [6.45, 7) is 19.1. The van der Waals surface area contributed by atoms with Gasteiger partial charge in [-0.2, -0.15) is 0 Å². The number of rotatable bonds is 7. The van der Waals surface area contributed by atoms with E-state index in [0.29, 0.717) is 6.42 Å². The molecule has 0 aliphatic carbocycles. The monoisotopic (exact) mass is 838 g/mol. The lowest BCUT2D eigenvalue weighted by Gasteiger charge is -2.33. The molecular formula is C45H71N7O8. The van der Waals surface area contributed by atoms with Crippen LogP contribution >= 0.6 is 0 Å². The number of benzene rings is 1. The Morgan fingerprint density at radius 1 is 0.867 bits per heavy atom. The number of aryl methyl sites for hydroxylation is 1. The van der Waals surface area contributed by atoms with Crippen molar-refractivity contribution >= 4 is 41.4 Å². The minimum atomic E-state index is -1.22. The van der Waals surface area contributed by atoms with Crippen LogP contribution in [-0.4, -0.2) is 114 Å². The number of nitrogens with one attached hydrogen (secondary N) is 4. The van der Waals surface area contributed by atoms with Gasteiger partial charge >= 0.3 is 5.97 Å². The number of carbonyl (C=O) groups excluding carboxylic acids is 7. The lowest BCUT2D eigenvalue weighted by atomic mass is 9.87. The van der Waals surface area contributed by atoms with Crippen molar-refractivity contribution in [1.82, 2.24) is 31.1 Å². The third kappa shape index (κ3) is 14.9. The average molecular weight is 838 g/mol. The second kappa shape index (κ2) is 23.7. The third-order valence-corrected chi connectivity index (χ3v) is 11.4. The molecule has 60 heavy (non-hydrogen) atoms. The number of ether oxygens (including phenoxy) is 1. The van der Waals surface area contributed by atoms with Crippen molar-refractivity contribution in [3.8, 4) is 0 Å². The van der Waals surface area contributed by atoms with Gasteiger partial charge in [-0.25, -0.2) is 4.79 Å². The van der Waals surface area contributed by atoms with E-state index in [-0.39, 0.29) is 42.6 Å². The summed E-state index contributed by atoms with van der Waals surface area (Å²) in [5.74, 6) is -4.89. The van der Waals surface area contributed by atoms with Crippen LogP contribution < -0.4 is 27.0 Å². The number of esters is 1. The Morgan fingerprint density at radius 2 is 1.47 bits per heavy atom. The van der Waals surface area contributed by atoms with Gasteiger partial charge in [0.15, 0.2) is 6.10 Å². The topological polar surface area (TPSA) is 209 Å². The molecule has 15 heteroatoms. The quantitative estimate of drug-likeness (QED) is 0.202. The number of hydrogen-bond donors (Lipinski definition) is 5. The van der Waals surface area contributed by atoms with Gasteiger partial charge in [0.05, 0.1) is 12.6 Å². The highest BCUT2D eigenvalue weighted by Gasteiger charge is 2.36. The number of nitrogens with zero attached hydrogens (tertiary/aromatic N) is 2. The number of nitrogens with two attached hydrogens (primary N) is 1. The molecule has 0 saturated carbocycles. The molecule has 334 valence electrons. The van der Waals surface area contributed by atoms with E-state index >= 15 is 0 Å². The molecule has 0 bridgehead atoms. The van der Waals surface area contributed by atoms with Crippen LogP contribution in [0.15, 0.2) is 47.6 Å². The van der Waals surface area contributed by atoms with Crippen LogP contribution in [0.4, 0.5) is 0 Å². The van der Waals surface area contributed by atoms with Crippen molar-refractivity contribution in [1.29, 1.82) is 0 Å². The molecule has 0 fully saturated rings. The van der Waals surface area contributed by atoms with Crippen LogP contribution in [0.1, 0.15) is 99.6 Å². The van der Waals surface area contributed by atoms with E-state index in [9.17, 15) is 33.6 Å². The average Bonchev–Trinajstić information content (AvgIpc) is 3.20. The fraction of sp³-hybridized carbons (Fsp3) is 0.622. The maximum Gasteiger partial charge on any atom is 0.334 e. The predicted molar refractivity (Wildman–Crippen MR) is 232 cm³/mol. The van der Waals surface area contributed by atoms with E-state index < -0.39 is 90.3 Å². The molecule has 0 spiro atoms. The Morgan fingerprint density at radius 3 is 2.03 bits per heavy atom. The second-order valence-electron chi connectivity index (χ2n) is 16.9. The predicted octanol–water partition coefficient (Wildman–Crippen LogP) is 3.09. The first-order chi connectivity index (χ1) is 28.0. The van der Waals surface area contributed by atoms with E-state index in [0.717, 1.165) is 16.7 Å². The van der Waals surface area contributed by atoms with Crippen molar-refractivity contribution in [3.63, 3.8) is 0 Å². The fourth-order valence-corrected chi connectivity index (χ4v) is 6.84. The van der Waals surface area contributed by atoms with Crippen molar-refractivity contribution in [2.45, 2.75) is 144 Å². The Balaban J connectivity index is 2.63. The van der Waals surface area contributed by atoms with Gasteiger partial charge in [0.2, 0.25) is 29.5 Å². The van der Waals surface area contributed by atoms with E-state index in [1.54, 1.807) is 26.8 Å². The van der Waals surface area contributed by atoms with Crippen LogP contribution in [0.3, 0.4) is 0 Å². The molecule has 0 aromatic heterocycles. The first-order valence-corrected chi connectivity index (χ1v) is 21.1. The number of likely N-dealkylation sites (N-methyl/N-ethyl adjacent to an activating group) is 2. The number of allylic oxidation sites excluding steroid dienone is 1. The van der Waals surface area contributed by atoms with Gasteiger partial charge in [-0.1, -0.05) is 88.6 Å². The summed E-state index contributed by atoms with van der Waals surface area (Å²) in [6, 6.07) is 2.18. The summed E-state index contributed by atoms with van der Waals surface area (Å²) < 4.78 is 5.73. The first kappa shape index (κ1) is 51.1. The number of carbonyl (C=O) groups is 7. The smallest absolute Gasteiger partial charge is 0.334 e.